The molecule has 0 aliphatic carbocycles. The topological polar surface area (TPSA) is 144 Å². The Morgan fingerprint density at radius 3 is 2.59 bits per heavy atom. The second-order valence-electron chi connectivity index (χ2n) is 5.21. The Bertz CT molecular complexity index is 925. The van der Waals surface area contributed by atoms with Gasteiger partial charge >= 0.3 is 11.7 Å². The number of esters is 1. The lowest BCUT2D eigenvalue weighted by molar-refractivity contribution is -0.384. The number of hydrogen-bond acceptors (Lipinski definition) is 8. The van der Waals surface area contributed by atoms with Crippen molar-refractivity contribution in [3.05, 3.63) is 56.1 Å². The predicted molar refractivity (Wildman–Crippen MR) is 98.0 cm³/mol. The van der Waals surface area contributed by atoms with E-state index in [0.717, 1.165) is 11.8 Å². The van der Waals surface area contributed by atoms with Crippen LogP contribution in [0.5, 0.6) is 0 Å². The van der Waals surface area contributed by atoms with E-state index >= 15 is 0 Å². The molecule has 0 aliphatic heterocycles. The fourth-order valence-corrected chi connectivity index (χ4v) is 2.97. The molecule has 2 aromatic rings. The molecule has 0 radical (unpaired) electrons. The molecule has 10 nitrogen and oxygen atoms in total. The van der Waals surface area contributed by atoms with Crippen molar-refractivity contribution >= 4 is 35.0 Å². The van der Waals surface area contributed by atoms with E-state index in [4.69, 9.17) is 4.74 Å². The summed E-state index contributed by atoms with van der Waals surface area (Å²) in [6.07, 6.45) is 0. The van der Waals surface area contributed by atoms with E-state index in [1.807, 2.05) is 0 Å². The number of nitro benzene ring substituents is 1. The maximum Gasteiger partial charge on any atom is 0.346 e. The summed E-state index contributed by atoms with van der Waals surface area (Å²) in [6.45, 7) is 3.34. The molecule has 0 saturated carbocycles. The van der Waals surface area contributed by atoms with E-state index in [1.54, 1.807) is 6.92 Å². The van der Waals surface area contributed by atoms with Crippen LogP contribution in [0, 0.1) is 17.0 Å². The Balaban J connectivity index is 2.09. The van der Waals surface area contributed by atoms with Gasteiger partial charge < -0.3 is 15.0 Å². The fraction of sp³-hybridized carbons (Fsp3) is 0.250. The molecule has 0 unspecified atom stereocenters. The van der Waals surface area contributed by atoms with Gasteiger partial charge in [-0.05, 0) is 26.0 Å². The number of non-ortho nitro benzene ring substituents is 1. The lowest BCUT2D eigenvalue weighted by Crippen LogP contribution is -2.21. The number of thioether (sulfide) groups is 1. The van der Waals surface area contributed by atoms with Gasteiger partial charge in [0, 0.05) is 23.5 Å². The predicted octanol–water partition coefficient (Wildman–Crippen LogP) is 1.89. The van der Waals surface area contributed by atoms with Crippen molar-refractivity contribution in [1.29, 1.82) is 0 Å². The van der Waals surface area contributed by atoms with Crippen molar-refractivity contribution in [1.82, 2.24) is 9.97 Å². The van der Waals surface area contributed by atoms with Crippen LogP contribution >= 0.6 is 11.8 Å². The van der Waals surface area contributed by atoms with Crippen molar-refractivity contribution in [3.8, 4) is 0 Å². The zero-order valence-corrected chi connectivity index (χ0v) is 15.3. The number of amides is 1. The zero-order valence-electron chi connectivity index (χ0n) is 14.5. The molecule has 2 N–H and O–H groups in total. The summed E-state index contributed by atoms with van der Waals surface area (Å²) in [4.78, 5) is 52.0. The summed E-state index contributed by atoms with van der Waals surface area (Å²) in [5.41, 5.74) is 0.0478. The normalized spacial score (nSPS) is 10.3. The molecule has 1 aromatic heterocycles. The number of aromatic amines is 1. The van der Waals surface area contributed by atoms with Crippen LogP contribution in [0.1, 0.15) is 23.0 Å². The number of H-pyrrole nitrogens is 1. The first kappa shape index (κ1) is 20.1. The molecule has 11 heteroatoms. The van der Waals surface area contributed by atoms with Crippen LogP contribution in [0.3, 0.4) is 0 Å². The van der Waals surface area contributed by atoms with Gasteiger partial charge in [-0.2, -0.15) is 4.98 Å². The molecule has 0 bridgehead atoms. The Morgan fingerprint density at radius 2 is 2.00 bits per heavy atom. The average Bonchev–Trinajstić information content (AvgIpc) is 2.60. The summed E-state index contributed by atoms with van der Waals surface area (Å²) in [7, 11) is 0. The van der Waals surface area contributed by atoms with Gasteiger partial charge in [0.1, 0.15) is 10.6 Å². The summed E-state index contributed by atoms with van der Waals surface area (Å²) < 4.78 is 4.95. The number of ether oxygens (including phenoxy) is 1. The van der Waals surface area contributed by atoms with Gasteiger partial charge in [-0.25, -0.2) is 9.59 Å². The second kappa shape index (κ2) is 8.94. The Hall–Kier alpha value is -3.21. The quantitative estimate of drug-likeness (QED) is 0.239. The van der Waals surface area contributed by atoms with Crippen LogP contribution in [0.15, 0.2) is 34.1 Å². The van der Waals surface area contributed by atoms with Crippen LogP contribution < -0.4 is 11.0 Å². The van der Waals surface area contributed by atoms with Crippen LogP contribution in [0.25, 0.3) is 0 Å². The van der Waals surface area contributed by atoms with Crippen LogP contribution in [-0.4, -0.2) is 39.1 Å². The molecule has 0 atom stereocenters. The number of nitrogens with zero attached hydrogens (tertiary/aromatic N) is 2. The number of carbonyl (C=O) groups is 2. The van der Waals surface area contributed by atoms with Crippen LogP contribution in [0.2, 0.25) is 0 Å². The highest BCUT2D eigenvalue weighted by atomic mass is 32.2. The largest absolute Gasteiger partial charge is 0.462 e. The first-order chi connectivity index (χ1) is 12.8. The number of benzene rings is 1. The summed E-state index contributed by atoms with van der Waals surface area (Å²) in [5.74, 6) is -1.19. The van der Waals surface area contributed by atoms with Gasteiger partial charge in [-0.1, -0.05) is 11.8 Å². The van der Waals surface area contributed by atoms with Gasteiger partial charge in [-0.3, -0.25) is 14.9 Å². The van der Waals surface area contributed by atoms with E-state index in [-0.39, 0.29) is 28.6 Å². The van der Waals surface area contributed by atoms with Crippen LogP contribution in [-0.2, 0) is 9.53 Å². The third-order valence-corrected chi connectivity index (χ3v) is 4.24. The molecule has 1 amide bonds. The number of aromatic nitrogens is 2. The minimum absolute atomic E-state index is 0.0912. The molecule has 142 valence electrons. The monoisotopic (exact) mass is 392 g/mol. The van der Waals surface area contributed by atoms with Gasteiger partial charge in [0.15, 0.2) is 0 Å². The summed E-state index contributed by atoms with van der Waals surface area (Å²) in [5, 5.41) is 13.3. The smallest absolute Gasteiger partial charge is 0.346 e. The van der Waals surface area contributed by atoms with E-state index in [0.29, 0.717) is 11.4 Å². The lowest BCUT2D eigenvalue weighted by Gasteiger charge is -2.10. The van der Waals surface area contributed by atoms with E-state index < -0.39 is 22.5 Å². The molecule has 1 aromatic carbocycles. The number of nitrogens with one attached hydrogen (secondary N) is 2. The SMILES string of the molecule is CCOC(=O)c1c(SCC(=O)Nc2ccc([N+](=O)[O-])cc2)nc(=O)[nH]c1C. The second-order valence-corrected chi connectivity index (χ2v) is 6.17. The summed E-state index contributed by atoms with van der Waals surface area (Å²) in [6, 6.07) is 5.34. The number of rotatable bonds is 7. The van der Waals surface area contributed by atoms with E-state index in [2.05, 4.69) is 15.3 Å². The molecule has 27 heavy (non-hydrogen) atoms. The number of anilines is 1. The standard InChI is InChI=1S/C16H16N4O6S/c1-3-26-15(22)13-9(2)17-16(23)19-14(13)27-8-12(21)18-10-4-6-11(7-5-10)20(24)25/h4-7H,3,8H2,1-2H3,(H,18,21)(H,17,19,23). The van der Waals surface area contributed by atoms with Crippen molar-refractivity contribution in [3.63, 3.8) is 0 Å². The van der Waals surface area contributed by atoms with Gasteiger partial charge in [-0.15, -0.1) is 0 Å². The van der Waals surface area contributed by atoms with Crippen molar-refractivity contribution in [2.45, 2.75) is 18.9 Å². The highest BCUT2D eigenvalue weighted by molar-refractivity contribution is 8.00. The first-order valence-electron chi connectivity index (χ1n) is 7.77. The molecule has 0 aliphatic rings. The zero-order chi connectivity index (χ0) is 20.0. The molecular formula is C16H16N4O6S. The molecule has 2 rings (SSSR count). The minimum Gasteiger partial charge on any atom is -0.462 e. The Labute approximate surface area is 157 Å². The molecule has 0 saturated heterocycles. The van der Waals surface area contributed by atoms with Gasteiger partial charge in [0.05, 0.1) is 17.3 Å². The lowest BCUT2D eigenvalue weighted by atomic mass is 10.2. The highest BCUT2D eigenvalue weighted by Crippen LogP contribution is 2.22. The Kier molecular flexibility index (Phi) is 6.66. The molecule has 0 fully saturated rings. The Morgan fingerprint density at radius 1 is 1.33 bits per heavy atom. The van der Waals surface area contributed by atoms with Crippen LogP contribution in [0.4, 0.5) is 11.4 Å². The van der Waals surface area contributed by atoms with Gasteiger partial charge in [0.25, 0.3) is 5.69 Å². The fourth-order valence-electron chi connectivity index (χ4n) is 2.10. The summed E-state index contributed by atoms with van der Waals surface area (Å²) >= 11 is 0.913. The van der Waals surface area contributed by atoms with Crippen molar-refractivity contribution in [2.75, 3.05) is 17.7 Å². The first-order valence-corrected chi connectivity index (χ1v) is 8.75. The third-order valence-electron chi connectivity index (χ3n) is 3.27. The molecular weight excluding hydrogens is 376 g/mol. The van der Waals surface area contributed by atoms with Crippen molar-refractivity contribution in [2.24, 2.45) is 0 Å². The number of carbonyl (C=O) groups excluding carboxylic acids is 2. The number of nitro groups is 1. The molecule has 1 heterocycles. The highest BCUT2D eigenvalue weighted by Gasteiger charge is 2.20. The minimum atomic E-state index is -0.642. The van der Waals surface area contributed by atoms with Crippen molar-refractivity contribution < 1.29 is 19.2 Å². The average molecular weight is 392 g/mol. The van der Waals surface area contributed by atoms with E-state index in [9.17, 15) is 24.5 Å². The van der Waals surface area contributed by atoms with E-state index in [1.165, 1.54) is 31.2 Å². The maximum absolute atomic E-state index is 12.1. The number of aryl methyl sites for hydroxylation is 1. The molecule has 0 spiro atoms. The third kappa shape index (κ3) is 5.38. The van der Waals surface area contributed by atoms with Gasteiger partial charge in [0.2, 0.25) is 5.91 Å². The number of hydrogen-bond donors (Lipinski definition) is 2. The maximum atomic E-state index is 12.1.